The number of hydrogen-bond acceptors (Lipinski definition) is 5. The standard InChI is InChI=1S/C40H29ClN2O5/c1-25-14-15-26-8-3-6-12-32(26)35(25)24-48-37-21-16-27-9-2-5-11-31(27)33(37)22-34-38(44)42-40(46)43(39(34)45)29-17-19-30(20-18-29)47-23-28-10-4-7-13-36(28)41/h2-22H,23-24H2,1H3,(H,42,44,46)/b34-22+. The normalized spacial score (nSPS) is 14.1. The van der Waals surface area contributed by atoms with Gasteiger partial charge in [-0.15, -0.1) is 0 Å². The van der Waals surface area contributed by atoms with E-state index in [0.717, 1.165) is 43.1 Å². The Morgan fingerprint density at radius 1 is 0.708 bits per heavy atom. The molecule has 1 N–H and O–H groups in total. The molecule has 6 aromatic carbocycles. The summed E-state index contributed by atoms with van der Waals surface area (Å²) in [6.45, 7) is 2.57. The minimum Gasteiger partial charge on any atom is -0.489 e. The molecule has 1 fully saturated rings. The lowest BCUT2D eigenvalue weighted by atomic mass is 9.99. The summed E-state index contributed by atoms with van der Waals surface area (Å²) < 4.78 is 12.3. The second kappa shape index (κ2) is 13.1. The maximum atomic E-state index is 13.9. The highest BCUT2D eigenvalue weighted by Crippen LogP contribution is 2.34. The van der Waals surface area contributed by atoms with Crippen molar-refractivity contribution in [1.82, 2.24) is 5.32 Å². The topological polar surface area (TPSA) is 84.9 Å². The third-order valence-corrected chi connectivity index (χ3v) is 8.78. The first-order valence-electron chi connectivity index (χ1n) is 15.4. The van der Waals surface area contributed by atoms with Crippen LogP contribution in [0.2, 0.25) is 5.02 Å². The van der Waals surface area contributed by atoms with Gasteiger partial charge in [0.25, 0.3) is 11.8 Å². The maximum absolute atomic E-state index is 13.9. The van der Waals surface area contributed by atoms with Crippen molar-refractivity contribution >= 4 is 62.8 Å². The van der Waals surface area contributed by atoms with Gasteiger partial charge in [0.2, 0.25) is 0 Å². The number of nitrogens with zero attached hydrogens (tertiary/aromatic N) is 1. The van der Waals surface area contributed by atoms with Crippen molar-refractivity contribution in [3.8, 4) is 11.5 Å². The first-order valence-corrected chi connectivity index (χ1v) is 15.7. The summed E-state index contributed by atoms with van der Waals surface area (Å²) in [5, 5.41) is 6.81. The number of nitrogens with one attached hydrogen (secondary N) is 1. The fourth-order valence-corrected chi connectivity index (χ4v) is 6.03. The summed E-state index contributed by atoms with van der Waals surface area (Å²) in [4.78, 5) is 41.0. The molecule has 0 bridgehead atoms. The number of imide groups is 2. The lowest BCUT2D eigenvalue weighted by Crippen LogP contribution is -2.54. The van der Waals surface area contributed by atoms with Crippen molar-refractivity contribution in [2.75, 3.05) is 4.90 Å². The Morgan fingerprint density at radius 2 is 1.38 bits per heavy atom. The minimum atomic E-state index is -0.840. The summed E-state index contributed by atoms with van der Waals surface area (Å²) >= 11 is 6.24. The Morgan fingerprint density at radius 3 is 2.15 bits per heavy atom. The fourth-order valence-electron chi connectivity index (χ4n) is 5.84. The number of ether oxygens (including phenoxy) is 2. The number of halogens is 1. The molecule has 0 atom stereocenters. The number of carbonyl (C=O) groups excluding carboxylic acids is 3. The van der Waals surface area contributed by atoms with E-state index in [2.05, 4.69) is 29.6 Å². The van der Waals surface area contributed by atoms with Gasteiger partial charge in [-0.2, -0.15) is 0 Å². The Balaban J connectivity index is 1.20. The highest BCUT2D eigenvalue weighted by molar-refractivity contribution is 6.39. The van der Waals surface area contributed by atoms with E-state index in [-0.39, 0.29) is 24.5 Å². The molecule has 0 aromatic heterocycles. The molecule has 1 aliphatic rings. The molecule has 0 aliphatic carbocycles. The van der Waals surface area contributed by atoms with E-state index in [4.69, 9.17) is 21.1 Å². The van der Waals surface area contributed by atoms with Gasteiger partial charge in [0.05, 0.1) is 5.69 Å². The highest BCUT2D eigenvalue weighted by atomic mass is 35.5. The summed E-state index contributed by atoms with van der Waals surface area (Å²) in [5.74, 6) is -0.519. The van der Waals surface area contributed by atoms with Crippen molar-refractivity contribution in [3.63, 3.8) is 0 Å². The number of amides is 4. The van der Waals surface area contributed by atoms with E-state index < -0.39 is 17.8 Å². The molecule has 0 unspecified atom stereocenters. The van der Waals surface area contributed by atoms with Gasteiger partial charge >= 0.3 is 6.03 Å². The largest absolute Gasteiger partial charge is 0.489 e. The van der Waals surface area contributed by atoms with Crippen molar-refractivity contribution in [1.29, 1.82) is 0 Å². The summed E-state index contributed by atoms with van der Waals surface area (Å²) in [6, 6.07) is 36.7. The quantitative estimate of drug-likeness (QED) is 0.131. The Kier molecular flexibility index (Phi) is 8.36. The van der Waals surface area contributed by atoms with Crippen LogP contribution in [-0.4, -0.2) is 17.8 Å². The molecule has 0 saturated carbocycles. The number of benzene rings is 6. The number of rotatable bonds is 8. The smallest absolute Gasteiger partial charge is 0.335 e. The highest BCUT2D eigenvalue weighted by Gasteiger charge is 2.37. The summed E-state index contributed by atoms with van der Waals surface area (Å²) in [5.41, 5.74) is 3.60. The second-order valence-corrected chi connectivity index (χ2v) is 11.8. The van der Waals surface area contributed by atoms with E-state index >= 15 is 0 Å². The van der Waals surface area contributed by atoms with E-state index in [1.54, 1.807) is 30.3 Å². The van der Waals surface area contributed by atoms with Gasteiger partial charge in [0, 0.05) is 21.7 Å². The van der Waals surface area contributed by atoms with Crippen LogP contribution in [0.4, 0.5) is 10.5 Å². The van der Waals surface area contributed by atoms with Gasteiger partial charge in [0.15, 0.2) is 0 Å². The van der Waals surface area contributed by atoms with Gasteiger partial charge in [0.1, 0.15) is 30.3 Å². The molecular weight excluding hydrogens is 624 g/mol. The zero-order valence-corrected chi connectivity index (χ0v) is 26.7. The van der Waals surface area contributed by atoms with Crippen LogP contribution in [0.15, 0.2) is 127 Å². The Bertz CT molecular complexity index is 2260. The molecule has 7 nitrogen and oxygen atoms in total. The lowest BCUT2D eigenvalue weighted by Gasteiger charge is -2.26. The van der Waals surface area contributed by atoms with Crippen molar-refractivity contribution in [3.05, 3.63) is 154 Å². The minimum absolute atomic E-state index is 0.198. The van der Waals surface area contributed by atoms with Gasteiger partial charge in [-0.05, 0) is 76.5 Å². The number of hydrogen-bond donors (Lipinski definition) is 1. The average Bonchev–Trinajstić information content (AvgIpc) is 3.10. The van der Waals surface area contributed by atoms with Crippen LogP contribution in [0.5, 0.6) is 11.5 Å². The predicted molar refractivity (Wildman–Crippen MR) is 188 cm³/mol. The van der Waals surface area contributed by atoms with Crippen LogP contribution < -0.4 is 19.7 Å². The second-order valence-electron chi connectivity index (χ2n) is 11.4. The van der Waals surface area contributed by atoms with Gasteiger partial charge in [-0.3, -0.25) is 14.9 Å². The number of aryl methyl sites for hydroxylation is 1. The first kappa shape index (κ1) is 30.7. The number of carbonyl (C=O) groups is 3. The van der Waals surface area contributed by atoms with Gasteiger partial charge in [-0.25, -0.2) is 9.69 Å². The molecule has 8 heteroatoms. The monoisotopic (exact) mass is 652 g/mol. The van der Waals surface area contributed by atoms with Crippen LogP contribution >= 0.6 is 11.6 Å². The van der Waals surface area contributed by atoms with E-state index in [0.29, 0.717) is 22.1 Å². The first-order chi connectivity index (χ1) is 23.4. The SMILES string of the molecule is Cc1ccc2ccccc2c1COc1ccc2ccccc2c1/C=C1\C(=O)NC(=O)N(c2ccc(OCc3ccccc3Cl)cc2)C1=O. The van der Waals surface area contributed by atoms with Crippen molar-refractivity contribution < 1.29 is 23.9 Å². The summed E-state index contributed by atoms with van der Waals surface area (Å²) in [6.07, 6.45) is 1.51. The molecule has 48 heavy (non-hydrogen) atoms. The third-order valence-electron chi connectivity index (χ3n) is 8.41. The number of urea groups is 1. The zero-order chi connectivity index (χ0) is 33.2. The van der Waals surface area contributed by atoms with Gasteiger partial charge < -0.3 is 9.47 Å². The molecule has 1 aliphatic heterocycles. The Hall–Kier alpha value is -5.92. The van der Waals surface area contributed by atoms with Gasteiger partial charge in [-0.1, -0.05) is 96.5 Å². The number of anilines is 1. The van der Waals surface area contributed by atoms with Crippen molar-refractivity contribution in [2.45, 2.75) is 20.1 Å². The molecule has 236 valence electrons. The molecular formula is C40H29ClN2O5. The summed E-state index contributed by atoms with van der Waals surface area (Å²) in [7, 11) is 0. The molecule has 0 radical (unpaired) electrons. The fraction of sp³-hybridized carbons (Fsp3) is 0.0750. The molecule has 1 saturated heterocycles. The van der Waals surface area contributed by atoms with Crippen LogP contribution in [0.3, 0.4) is 0 Å². The van der Waals surface area contributed by atoms with Crippen LogP contribution in [0.25, 0.3) is 27.6 Å². The number of barbiturate groups is 1. The van der Waals surface area contributed by atoms with Crippen LogP contribution in [0, 0.1) is 6.92 Å². The molecule has 7 rings (SSSR count). The van der Waals surface area contributed by atoms with Crippen molar-refractivity contribution in [2.24, 2.45) is 0 Å². The molecule has 6 aromatic rings. The van der Waals surface area contributed by atoms with E-state index in [1.807, 2.05) is 73.7 Å². The van der Waals surface area contributed by atoms with E-state index in [1.165, 1.54) is 6.08 Å². The molecule has 1 heterocycles. The Labute approximate surface area is 282 Å². The lowest BCUT2D eigenvalue weighted by molar-refractivity contribution is -0.122. The zero-order valence-electron chi connectivity index (χ0n) is 25.9. The third kappa shape index (κ3) is 5.99. The molecule has 4 amide bonds. The van der Waals surface area contributed by atoms with Crippen LogP contribution in [0.1, 0.15) is 22.3 Å². The number of fused-ring (bicyclic) bond motifs is 2. The predicted octanol–water partition coefficient (Wildman–Crippen LogP) is 8.78. The van der Waals surface area contributed by atoms with E-state index in [9.17, 15) is 14.4 Å². The van der Waals surface area contributed by atoms with Crippen LogP contribution in [-0.2, 0) is 22.8 Å². The average molecular weight is 653 g/mol. The molecule has 0 spiro atoms. The maximum Gasteiger partial charge on any atom is 0.335 e.